The van der Waals surface area contributed by atoms with E-state index >= 15 is 0 Å². The molecule has 3 unspecified atom stereocenters. The lowest BCUT2D eigenvalue weighted by Gasteiger charge is -2.31. The number of amides is 2. The van der Waals surface area contributed by atoms with Gasteiger partial charge in [0.1, 0.15) is 11.6 Å². The maximum Gasteiger partial charge on any atom is 0.423 e. The number of rotatable bonds is 5. The first-order valence-corrected chi connectivity index (χ1v) is 12.4. The lowest BCUT2D eigenvalue weighted by Crippen LogP contribution is -2.47. The maximum atomic E-state index is 13.9. The van der Waals surface area contributed by atoms with Crippen LogP contribution in [0.2, 0.25) is 0 Å². The van der Waals surface area contributed by atoms with Crippen LogP contribution in [0.5, 0.6) is 0 Å². The monoisotopic (exact) mass is 501 g/mol. The minimum absolute atomic E-state index is 0.0842. The zero-order chi connectivity index (χ0) is 25.4. The van der Waals surface area contributed by atoms with E-state index in [2.05, 4.69) is 14.7 Å². The van der Waals surface area contributed by atoms with E-state index in [9.17, 15) is 32.1 Å². The number of aromatic nitrogens is 1. The van der Waals surface area contributed by atoms with Crippen molar-refractivity contribution in [3.63, 3.8) is 0 Å². The van der Waals surface area contributed by atoms with E-state index in [1.165, 1.54) is 6.20 Å². The summed E-state index contributed by atoms with van der Waals surface area (Å²) in [7, 11) is -3.39. The Balaban J connectivity index is 1.79. The molecule has 2 aromatic rings. The highest BCUT2D eigenvalue weighted by molar-refractivity contribution is 7.93. The number of ether oxygens (including phenoxy) is 1. The van der Waals surface area contributed by atoms with Crippen LogP contribution in [0, 0.1) is 0 Å². The van der Waals surface area contributed by atoms with Gasteiger partial charge in [0, 0.05) is 29.5 Å². The van der Waals surface area contributed by atoms with Gasteiger partial charge in [-0.05, 0) is 38.6 Å². The van der Waals surface area contributed by atoms with Gasteiger partial charge in [0.2, 0.25) is 5.60 Å². The third-order valence-electron chi connectivity index (χ3n) is 5.28. The van der Waals surface area contributed by atoms with Gasteiger partial charge < -0.3 is 15.2 Å². The number of carbonyl (C=O) groups is 2. The van der Waals surface area contributed by atoms with Crippen molar-refractivity contribution in [3.8, 4) is 0 Å². The van der Waals surface area contributed by atoms with E-state index in [-0.39, 0.29) is 12.2 Å². The van der Waals surface area contributed by atoms with Gasteiger partial charge in [0.05, 0.1) is 15.4 Å². The van der Waals surface area contributed by atoms with Crippen molar-refractivity contribution in [2.75, 3.05) is 11.5 Å². The number of nitrogens with zero attached hydrogens (tertiary/aromatic N) is 2. The topological polar surface area (TPSA) is 118 Å². The molecule has 8 nitrogen and oxygen atoms in total. The van der Waals surface area contributed by atoms with Crippen molar-refractivity contribution >= 4 is 32.5 Å². The van der Waals surface area contributed by atoms with Crippen LogP contribution in [-0.4, -0.2) is 55.6 Å². The van der Waals surface area contributed by atoms with E-state index in [0.717, 1.165) is 6.07 Å². The fourth-order valence-corrected chi connectivity index (χ4v) is 5.52. The molecule has 2 N–H and O–H groups in total. The van der Waals surface area contributed by atoms with Crippen molar-refractivity contribution in [2.24, 2.45) is 4.36 Å². The van der Waals surface area contributed by atoms with E-state index in [1.807, 2.05) is 0 Å². The number of fused-ring (bicyclic) bond motifs is 1. The molecule has 3 rings (SSSR count). The molecule has 3 atom stereocenters. The molecule has 0 bridgehead atoms. The molecular formula is C22H26F3N3O5S. The second-order valence-corrected chi connectivity index (χ2v) is 11.7. The molecule has 0 saturated carbocycles. The molecule has 34 heavy (non-hydrogen) atoms. The number of nitrogens with one attached hydrogen (secondary N) is 1. The summed E-state index contributed by atoms with van der Waals surface area (Å²) >= 11 is 0. The summed E-state index contributed by atoms with van der Waals surface area (Å²) in [6, 6.07) is 6.65. The van der Waals surface area contributed by atoms with Gasteiger partial charge in [-0.25, -0.2) is 9.00 Å². The Hall–Kier alpha value is -2.73. The second-order valence-electron chi connectivity index (χ2n) is 9.12. The van der Waals surface area contributed by atoms with Crippen LogP contribution < -0.4 is 5.32 Å². The van der Waals surface area contributed by atoms with Gasteiger partial charge >= 0.3 is 12.3 Å². The first kappa shape index (κ1) is 25.9. The first-order valence-electron chi connectivity index (χ1n) is 10.5. The van der Waals surface area contributed by atoms with Crippen LogP contribution >= 0.6 is 0 Å². The summed E-state index contributed by atoms with van der Waals surface area (Å²) in [5, 5.41) is 14.0. The molecule has 12 heteroatoms. The van der Waals surface area contributed by atoms with Gasteiger partial charge in [0.15, 0.2) is 0 Å². The smallest absolute Gasteiger partial charge is 0.423 e. The van der Waals surface area contributed by atoms with E-state index in [0.29, 0.717) is 10.8 Å². The molecule has 1 aromatic carbocycles. The zero-order valence-electron chi connectivity index (χ0n) is 18.9. The molecule has 186 valence electrons. The molecular weight excluding hydrogens is 475 g/mol. The number of hydrogen-bond donors (Lipinski definition) is 2. The average molecular weight is 502 g/mol. The number of pyridine rings is 1. The predicted octanol–water partition coefficient (Wildman–Crippen LogP) is 3.67. The number of aliphatic hydroxyl groups is 1. The largest absolute Gasteiger partial charge is 0.444 e. The second kappa shape index (κ2) is 9.14. The molecule has 0 spiro atoms. The van der Waals surface area contributed by atoms with Crippen LogP contribution in [0.1, 0.15) is 39.3 Å². The predicted molar refractivity (Wildman–Crippen MR) is 119 cm³/mol. The molecule has 2 heterocycles. The third kappa shape index (κ3) is 5.84. The number of halogens is 3. The van der Waals surface area contributed by atoms with Crippen LogP contribution in [0.25, 0.3) is 10.8 Å². The standard InChI is InChI=1S/C22H26F3N3O5S/c1-20(2,3)33-19(30)27-16-8-10-34(32,28-18(16)29)11-9-21(31,22(23,24)25)17-12-14-6-4-5-7-15(14)13-26-17/h4-7,12-13,16,31H,8-11H2,1-3H3,(H,27,30). The van der Waals surface area contributed by atoms with Crippen molar-refractivity contribution in [1.29, 1.82) is 0 Å². The number of hydrogen-bond acceptors (Lipinski definition) is 6. The van der Waals surface area contributed by atoms with E-state index in [4.69, 9.17) is 4.74 Å². The normalized spacial score (nSPS) is 23.1. The number of benzene rings is 1. The minimum atomic E-state index is -5.11. The summed E-state index contributed by atoms with van der Waals surface area (Å²) in [6.07, 6.45) is -5.83. The Morgan fingerprint density at radius 3 is 2.47 bits per heavy atom. The molecule has 0 aliphatic carbocycles. The van der Waals surface area contributed by atoms with Gasteiger partial charge in [-0.3, -0.25) is 9.78 Å². The van der Waals surface area contributed by atoms with E-state index < -0.39 is 63.0 Å². The highest BCUT2D eigenvalue weighted by Gasteiger charge is 2.56. The Bertz CT molecular complexity index is 1220. The fourth-order valence-electron chi connectivity index (χ4n) is 3.46. The summed E-state index contributed by atoms with van der Waals surface area (Å²) in [5.41, 5.74) is -4.81. The number of alkyl carbamates (subject to hydrolysis) is 1. The Kier molecular flexibility index (Phi) is 6.96. The van der Waals surface area contributed by atoms with Crippen LogP contribution in [0.15, 0.2) is 40.9 Å². The van der Waals surface area contributed by atoms with Crippen molar-refractivity contribution in [1.82, 2.24) is 10.3 Å². The molecule has 0 saturated heterocycles. The van der Waals surface area contributed by atoms with Gasteiger partial charge in [-0.2, -0.15) is 17.5 Å². The minimum Gasteiger partial charge on any atom is -0.444 e. The zero-order valence-corrected chi connectivity index (χ0v) is 19.7. The highest BCUT2D eigenvalue weighted by atomic mass is 32.2. The average Bonchev–Trinajstić information content (AvgIpc) is 2.72. The summed E-state index contributed by atoms with van der Waals surface area (Å²) < 4.78 is 63.6. The van der Waals surface area contributed by atoms with Crippen molar-refractivity contribution < 1.29 is 36.8 Å². The van der Waals surface area contributed by atoms with Gasteiger partial charge in [0.25, 0.3) is 5.91 Å². The SMILES string of the molecule is CC(C)(C)OC(=O)NC1CCS(=O)(CCC(O)(c2cc3ccccc3cn2)C(F)(F)F)=NC1=O. The molecule has 1 aliphatic rings. The molecule has 0 radical (unpaired) electrons. The quantitative estimate of drug-likeness (QED) is 0.646. The van der Waals surface area contributed by atoms with Gasteiger partial charge in [-0.15, -0.1) is 0 Å². The fraction of sp³-hybridized carbons (Fsp3) is 0.500. The van der Waals surface area contributed by atoms with Crippen LogP contribution in [-0.2, 0) is 24.9 Å². The maximum absolute atomic E-state index is 13.9. The van der Waals surface area contributed by atoms with Gasteiger partial charge in [-0.1, -0.05) is 24.3 Å². The highest BCUT2D eigenvalue weighted by Crippen LogP contribution is 2.42. The van der Waals surface area contributed by atoms with Crippen LogP contribution in [0.3, 0.4) is 0 Å². The van der Waals surface area contributed by atoms with E-state index in [1.54, 1.807) is 45.0 Å². The molecule has 0 fully saturated rings. The number of alkyl halides is 3. The van der Waals surface area contributed by atoms with Crippen LogP contribution in [0.4, 0.5) is 18.0 Å². The summed E-state index contributed by atoms with van der Waals surface area (Å²) in [5.74, 6) is -1.82. The van der Waals surface area contributed by atoms with Crippen molar-refractivity contribution in [3.05, 3.63) is 42.2 Å². The third-order valence-corrected chi connectivity index (χ3v) is 7.51. The Labute approximate surface area is 195 Å². The molecule has 1 aliphatic heterocycles. The summed E-state index contributed by atoms with van der Waals surface area (Å²) in [6.45, 7) is 4.91. The molecule has 2 amide bonds. The lowest BCUT2D eigenvalue weighted by atomic mass is 9.94. The Morgan fingerprint density at radius 2 is 1.88 bits per heavy atom. The first-order chi connectivity index (χ1) is 15.6. The van der Waals surface area contributed by atoms with Crippen molar-refractivity contribution in [2.45, 2.75) is 57.0 Å². The Morgan fingerprint density at radius 1 is 1.24 bits per heavy atom. The number of carbonyl (C=O) groups excluding carboxylic acids is 2. The lowest BCUT2D eigenvalue weighted by molar-refractivity contribution is -0.268. The molecule has 1 aromatic heterocycles. The summed E-state index contributed by atoms with van der Waals surface area (Å²) in [4.78, 5) is 28.0.